The molecule has 0 fully saturated rings. The van der Waals surface area contributed by atoms with Crippen LogP contribution in [0.5, 0.6) is 0 Å². The maximum absolute atomic E-state index is 6.16. The quantitative estimate of drug-likeness (QED) is 0.114. The van der Waals surface area contributed by atoms with Crippen LogP contribution in [0, 0.1) is 19.3 Å². The number of anilines is 3. The number of hydrogen-bond acceptors (Lipinski definition) is 2. The second kappa shape index (κ2) is 14.2. The number of hydrogen-bond donors (Lipinski definition) is 0. The smallest absolute Gasteiger partial charge is 0.120 e. The summed E-state index contributed by atoms with van der Waals surface area (Å²) in [5.41, 5.74) is 15.1. The van der Waals surface area contributed by atoms with Crippen LogP contribution < -0.4 is 4.90 Å². The molecule has 0 amide bonds. The zero-order valence-electron chi connectivity index (χ0n) is 27.5. The Morgan fingerprint density at radius 2 is 1.53 bits per heavy atom. The molecule has 0 heterocycles. The Morgan fingerprint density at radius 3 is 2.21 bits per heavy atom. The summed E-state index contributed by atoms with van der Waals surface area (Å²) in [6.45, 7) is 10.8. The molecule has 1 aliphatic rings. The van der Waals surface area contributed by atoms with Crippen LogP contribution in [0.2, 0.25) is 0 Å². The van der Waals surface area contributed by atoms with E-state index in [1.807, 2.05) is 42.5 Å². The Morgan fingerprint density at radius 1 is 0.809 bits per heavy atom. The molecule has 5 aromatic rings. The van der Waals surface area contributed by atoms with Crippen molar-refractivity contribution in [1.29, 1.82) is 0 Å². The van der Waals surface area contributed by atoms with Gasteiger partial charge >= 0.3 is 0 Å². The molecule has 2 nitrogen and oxygen atoms in total. The SMILES string of the molecule is C#CC(=Nc1c(-c2ccccc2C=C)ccc(N(c2ccccc2)c2cccc(CCC)c2C2=CCC=C2C)c1C)c1ccccc1. The fourth-order valence-corrected chi connectivity index (χ4v) is 6.57. The molecule has 0 spiro atoms. The Bertz CT molecular complexity index is 2050. The first-order valence-electron chi connectivity index (χ1n) is 16.4. The number of allylic oxidation sites excluding steroid dienone is 4. The molecule has 2 heteroatoms. The zero-order chi connectivity index (χ0) is 32.8. The van der Waals surface area contributed by atoms with E-state index >= 15 is 0 Å². The zero-order valence-corrected chi connectivity index (χ0v) is 27.5. The van der Waals surface area contributed by atoms with Gasteiger partial charge in [0.2, 0.25) is 0 Å². The van der Waals surface area contributed by atoms with Gasteiger partial charge in [0, 0.05) is 22.4 Å². The number of rotatable bonds is 10. The second-order valence-corrected chi connectivity index (χ2v) is 11.8. The van der Waals surface area contributed by atoms with Gasteiger partial charge in [-0.05, 0) is 90.3 Å². The van der Waals surface area contributed by atoms with Gasteiger partial charge in [0.1, 0.15) is 5.71 Å². The molecular formula is C45H40N2. The first-order chi connectivity index (χ1) is 23.0. The summed E-state index contributed by atoms with van der Waals surface area (Å²) in [4.78, 5) is 7.69. The van der Waals surface area contributed by atoms with E-state index in [9.17, 15) is 0 Å². The lowest BCUT2D eigenvalue weighted by Gasteiger charge is -2.31. The van der Waals surface area contributed by atoms with Crippen LogP contribution in [-0.4, -0.2) is 5.71 Å². The highest BCUT2D eigenvalue weighted by Crippen LogP contribution is 2.48. The topological polar surface area (TPSA) is 15.6 Å². The van der Waals surface area contributed by atoms with Crippen LogP contribution in [0.15, 0.2) is 145 Å². The van der Waals surface area contributed by atoms with E-state index in [1.54, 1.807) is 0 Å². The largest absolute Gasteiger partial charge is 0.310 e. The van der Waals surface area contributed by atoms with Crippen molar-refractivity contribution in [3.63, 3.8) is 0 Å². The maximum Gasteiger partial charge on any atom is 0.120 e. The van der Waals surface area contributed by atoms with Gasteiger partial charge in [-0.2, -0.15) is 0 Å². The Kier molecular flexibility index (Phi) is 9.46. The highest BCUT2D eigenvalue weighted by atomic mass is 15.1. The van der Waals surface area contributed by atoms with Crippen molar-refractivity contribution in [2.75, 3.05) is 4.90 Å². The average molecular weight is 609 g/mol. The van der Waals surface area contributed by atoms with Gasteiger partial charge in [0.25, 0.3) is 0 Å². The van der Waals surface area contributed by atoms with Gasteiger partial charge in [-0.25, -0.2) is 4.99 Å². The third-order valence-corrected chi connectivity index (χ3v) is 8.87. The first-order valence-corrected chi connectivity index (χ1v) is 16.4. The summed E-state index contributed by atoms with van der Waals surface area (Å²) < 4.78 is 0. The predicted octanol–water partition coefficient (Wildman–Crippen LogP) is 12.2. The Hall–Kier alpha value is -5.65. The molecule has 47 heavy (non-hydrogen) atoms. The van der Waals surface area contributed by atoms with Gasteiger partial charge in [0.05, 0.1) is 17.1 Å². The van der Waals surface area contributed by atoms with Crippen molar-refractivity contribution in [1.82, 2.24) is 0 Å². The lowest BCUT2D eigenvalue weighted by molar-refractivity contribution is 0.918. The van der Waals surface area contributed by atoms with Crippen LogP contribution in [0.3, 0.4) is 0 Å². The fourth-order valence-electron chi connectivity index (χ4n) is 6.57. The van der Waals surface area contributed by atoms with Crippen molar-refractivity contribution in [3.8, 4) is 23.5 Å². The summed E-state index contributed by atoms with van der Waals surface area (Å²) in [7, 11) is 0. The van der Waals surface area contributed by atoms with Gasteiger partial charge < -0.3 is 4.90 Å². The summed E-state index contributed by atoms with van der Waals surface area (Å²) in [5.74, 6) is 2.89. The lowest BCUT2D eigenvalue weighted by atomic mass is 9.90. The summed E-state index contributed by atoms with van der Waals surface area (Å²) in [6, 6.07) is 40.1. The standard InChI is InChI=1S/C45H40N2/c1-6-19-36-24-18-29-43(44(36)38-28-17-20-32(38)4)47(37-25-13-10-14-26-37)42-31-30-40(39-27-16-15-21-34(39)7-2)45(33(42)5)46-41(8-3)35-22-11-9-12-23-35/h3,7,9-16,18,20-31H,2,6,17,19H2,1,4-5H3. The summed E-state index contributed by atoms with van der Waals surface area (Å²) in [6.07, 6.45) is 15.8. The molecule has 0 aliphatic heterocycles. The van der Waals surface area contributed by atoms with Crippen LogP contribution in [0.4, 0.5) is 22.7 Å². The number of benzene rings is 5. The minimum Gasteiger partial charge on any atom is -0.310 e. The second-order valence-electron chi connectivity index (χ2n) is 11.8. The van der Waals surface area contributed by atoms with E-state index in [1.165, 1.54) is 22.3 Å². The molecule has 0 aromatic heterocycles. The molecule has 0 N–H and O–H groups in total. The number of nitrogens with zero attached hydrogens (tertiary/aromatic N) is 2. The fraction of sp³-hybridized carbons (Fsp3) is 0.133. The minimum absolute atomic E-state index is 0.594. The third kappa shape index (κ3) is 6.26. The van der Waals surface area contributed by atoms with Crippen molar-refractivity contribution in [2.24, 2.45) is 4.99 Å². The van der Waals surface area contributed by atoms with Crippen molar-refractivity contribution in [3.05, 3.63) is 167 Å². The minimum atomic E-state index is 0.594. The summed E-state index contributed by atoms with van der Waals surface area (Å²) >= 11 is 0. The highest BCUT2D eigenvalue weighted by Gasteiger charge is 2.25. The lowest BCUT2D eigenvalue weighted by Crippen LogP contribution is -2.15. The summed E-state index contributed by atoms with van der Waals surface area (Å²) in [5, 5.41) is 0. The van der Waals surface area contributed by atoms with E-state index in [2.05, 4.69) is 129 Å². The molecule has 5 aromatic carbocycles. The normalized spacial score (nSPS) is 12.7. The molecule has 0 atom stereocenters. The molecule has 1 aliphatic carbocycles. The van der Waals surface area contributed by atoms with E-state index < -0.39 is 0 Å². The maximum atomic E-state index is 6.16. The molecule has 6 rings (SSSR count). The Balaban J connectivity index is 1.68. The van der Waals surface area contributed by atoms with Gasteiger partial charge in [0.15, 0.2) is 0 Å². The predicted molar refractivity (Wildman–Crippen MR) is 203 cm³/mol. The molecule has 0 saturated heterocycles. The first kappa shape index (κ1) is 31.3. The van der Waals surface area contributed by atoms with Crippen LogP contribution in [0.25, 0.3) is 22.8 Å². The molecule has 0 unspecified atom stereocenters. The van der Waals surface area contributed by atoms with E-state index in [-0.39, 0.29) is 0 Å². The molecule has 0 saturated carbocycles. The van der Waals surface area contributed by atoms with Crippen molar-refractivity contribution >= 4 is 40.1 Å². The van der Waals surface area contributed by atoms with E-state index in [0.29, 0.717) is 5.71 Å². The van der Waals surface area contributed by atoms with Crippen LogP contribution in [0.1, 0.15) is 54.5 Å². The number of terminal acetylenes is 1. The van der Waals surface area contributed by atoms with Crippen molar-refractivity contribution < 1.29 is 0 Å². The molecular weight excluding hydrogens is 569 g/mol. The van der Waals surface area contributed by atoms with Gasteiger partial charge in [-0.3, -0.25) is 0 Å². The van der Waals surface area contributed by atoms with Gasteiger partial charge in [-0.15, -0.1) is 6.42 Å². The Labute approximate surface area is 280 Å². The molecule has 0 bridgehead atoms. The van der Waals surface area contributed by atoms with Crippen LogP contribution >= 0.6 is 0 Å². The molecule has 0 radical (unpaired) electrons. The van der Waals surface area contributed by atoms with E-state index in [4.69, 9.17) is 11.4 Å². The highest BCUT2D eigenvalue weighted by molar-refractivity contribution is 6.14. The monoisotopic (exact) mass is 608 g/mol. The van der Waals surface area contributed by atoms with Crippen molar-refractivity contribution in [2.45, 2.75) is 40.0 Å². The number of aryl methyl sites for hydroxylation is 1. The average Bonchev–Trinajstić information content (AvgIpc) is 3.54. The third-order valence-electron chi connectivity index (χ3n) is 8.87. The molecule has 230 valence electrons. The van der Waals surface area contributed by atoms with Crippen LogP contribution in [-0.2, 0) is 6.42 Å². The van der Waals surface area contributed by atoms with Gasteiger partial charge in [-0.1, -0.05) is 129 Å². The number of para-hydroxylation sites is 1. The number of aliphatic imine (C=N–C) groups is 1. The van der Waals surface area contributed by atoms with E-state index in [0.717, 1.165) is 69.8 Å².